The van der Waals surface area contributed by atoms with Gasteiger partial charge in [-0.25, -0.2) is 16.8 Å². The Kier molecular flexibility index (Phi) is 9.21. The van der Waals surface area contributed by atoms with Crippen LogP contribution in [0.4, 0.5) is 11.4 Å². The summed E-state index contributed by atoms with van der Waals surface area (Å²) in [4.78, 5) is -0.817. The third kappa shape index (κ3) is 6.10. The van der Waals surface area contributed by atoms with Gasteiger partial charge in [0.25, 0.3) is 0 Å². The van der Waals surface area contributed by atoms with Gasteiger partial charge in [0.05, 0.1) is 15.5 Å². The van der Waals surface area contributed by atoms with Crippen molar-refractivity contribution in [2.45, 2.75) is 16.7 Å². The van der Waals surface area contributed by atoms with Gasteiger partial charge in [-0.15, -0.1) is 5.11 Å². The smallest absolute Gasteiger partial charge is 0.744 e. The van der Waals surface area contributed by atoms with E-state index in [1.807, 2.05) is 0 Å². The molecule has 146 valence electrons. The van der Waals surface area contributed by atoms with Crippen LogP contribution in [0.3, 0.4) is 0 Å². The SMILES string of the molecule is Cc1cc(S(=O)(=O)[O-])ccc1N=Nc1c(O)ccc2cc(S(=O)(=O)[O-])ccc12.[Na+].[Na+]. The van der Waals surface area contributed by atoms with Gasteiger partial charge in [-0.1, -0.05) is 12.1 Å². The first kappa shape index (κ1) is 27.2. The van der Waals surface area contributed by atoms with E-state index in [1.165, 1.54) is 31.2 Å². The molecule has 0 radical (unpaired) electrons. The summed E-state index contributed by atoms with van der Waals surface area (Å²) in [6.07, 6.45) is 0. The van der Waals surface area contributed by atoms with Crippen molar-refractivity contribution >= 4 is 42.4 Å². The van der Waals surface area contributed by atoms with Crippen LogP contribution in [0.15, 0.2) is 68.6 Å². The first-order chi connectivity index (χ1) is 13.0. The number of azo groups is 1. The van der Waals surface area contributed by atoms with Crippen molar-refractivity contribution in [3.63, 3.8) is 0 Å². The molecule has 3 aromatic carbocycles. The number of phenols is 1. The molecule has 30 heavy (non-hydrogen) atoms. The van der Waals surface area contributed by atoms with Crippen LogP contribution in [-0.4, -0.2) is 31.0 Å². The summed E-state index contributed by atoms with van der Waals surface area (Å²) < 4.78 is 66.7. The van der Waals surface area contributed by atoms with Crippen LogP contribution in [0.5, 0.6) is 5.75 Å². The van der Waals surface area contributed by atoms with Crippen LogP contribution in [0.25, 0.3) is 10.8 Å². The molecular weight excluding hydrogens is 454 g/mol. The van der Waals surface area contributed by atoms with E-state index < -0.39 is 30.0 Å². The number of hydrogen-bond donors (Lipinski definition) is 1. The molecule has 0 fully saturated rings. The van der Waals surface area contributed by atoms with Gasteiger partial charge < -0.3 is 14.2 Å². The Bertz CT molecular complexity index is 1340. The van der Waals surface area contributed by atoms with E-state index in [0.717, 1.165) is 24.3 Å². The normalized spacial score (nSPS) is 11.8. The zero-order valence-corrected chi connectivity index (χ0v) is 21.9. The fourth-order valence-corrected chi connectivity index (χ4v) is 3.60. The minimum atomic E-state index is -4.64. The van der Waals surface area contributed by atoms with E-state index in [2.05, 4.69) is 10.2 Å². The van der Waals surface area contributed by atoms with Crippen LogP contribution >= 0.6 is 0 Å². The Balaban J connectivity index is 0.00000225. The first-order valence-electron chi connectivity index (χ1n) is 7.67. The maximum Gasteiger partial charge on any atom is 1.00 e. The van der Waals surface area contributed by atoms with Crippen LogP contribution in [0, 0.1) is 6.92 Å². The van der Waals surface area contributed by atoms with Gasteiger partial charge in [0.15, 0.2) is 0 Å². The summed E-state index contributed by atoms with van der Waals surface area (Å²) in [6.45, 7) is 1.54. The summed E-state index contributed by atoms with van der Waals surface area (Å²) in [7, 11) is -9.23. The van der Waals surface area contributed by atoms with Gasteiger partial charge >= 0.3 is 59.1 Å². The number of nitrogens with zero attached hydrogens (tertiary/aromatic N) is 2. The number of fused-ring (bicyclic) bond motifs is 1. The first-order valence-corrected chi connectivity index (χ1v) is 10.5. The van der Waals surface area contributed by atoms with E-state index >= 15 is 0 Å². The average molecular weight is 466 g/mol. The number of aryl methyl sites for hydroxylation is 1. The molecule has 0 aliphatic heterocycles. The van der Waals surface area contributed by atoms with Crippen molar-refractivity contribution in [1.29, 1.82) is 0 Å². The quantitative estimate of drug-likeness (QED) is 0.245. The molecule has 0 saturated carbocycles. The fourth-order valence-electron chi connectivity index (χ4n) is 2.54. The van der Waals surface area contributed by atoms with Crippen molar-refractivity contribution in [1.82, 2.24) is 0 Å². The fraction of sp³-hybridized carbons (Fsp3) is 0.0588. The van der Waals surface area contributed by atoms with Crippen LogP contribution in [0.1, 0.15) is 5.56 Å². The topological polar surface area (TPSA) is 159 Å². The van der Waals surface area contributed by atoms with Crippen LogP contribution < -0.4 is 59.1 Å². The zero-order valence-electron chi connectivity index (χ0n) is 16.2. The second kappa shape index (κ2) is 10.2. The molecule has 13 heteroatoms. The summed E-state index contributed by atoms with van der Waals surface area (Å²) >= 11 is 0. The second-order valence-electron chi connectivity index (χ2n) is 5.87. The van der Waals surface area contributed by atoms with E-state index in [9.17, 15) is 31.0 Å². The number of hydrogen-bond acceptors (Lipinski definition) is 9. The van der Waals surface area contributed by atoms with E-state index in [0.29, 0.717) is 16.3 Å². The Morgan fingerprint density at radius 3 is 1.93 bits per heavy atom. The molecule has 0 aliphatic rings. The molecule has 3 aromatic rings. The molecule has 3 rings (SSSR count). The Morgan fingerprint density at radius 2 is 1.37 bits per heavy atom. The Labute approximate surface area is 217 Å². The van der Waals surface area contributed by atoms with Crippen LogP contribution in [0.2, 0.25) is 0 Å². The molecule has 0 heterocycles. The van der Waals surface area contributed by atoms with Crippen LogP contribution in [-0.2, 0) is 20.2 Å². The molecule has 0 amide bonds. The summed E-state index contributed by atoms with van der Waals surface area (Å²) in [6, 6.07) is 9.85. The van der Waals surface area contributed by atoms with Crippen molar-refractivity contribution in [2.75, 3.05) is 0 Å². The molecule has 9 nitrogen and oxygen atoms in total. The summed E-state index contributed by atoms with van der Waals surface area (Å²) in [5, 5.41) is 18.7. The summed E-state index contributed by atoms with van der Waals surface area (Å²) in [5.74, 6) is -0.231. The monoisotopic (exact) mass is 466 g/mol. The van der Waals surface area contributed by atoms with Gasteiger partial charge in [-0.2, -0.15) is 5.11 Å². The summed E-state index contributed by atoms with van der Waals surface area (Å²) in [5.41, 5.74) is 0.676. The molecule has 0 bridgehead atoms. The molecule has 0 spiro atoms. The Morgan fingerprint density at radius 1 is 0.800 bits per heavy atom. The van der Waals surface area contributed by atoms with Gasteiger partial charge in [-0.3, -0.25) is 0 Å². The number of benzene rings is 3. The predicted molar refractivity (Wildman–Crippen MR) is 96.9 cm³/mol. The van der Waals surface area contributed by atoms with Crippen molar-refractivity contribution in [3.05, 3.63) is 54.1 Å². The Hall–Kier alpha value is -0.860. The molecule has 0 aliphatic carbocycles. The minimum absolute atomic E-state index is 0. The largest absolute Gasteiger partial charge is 1.00 e. The van der Waals surface area contributed by atoms with Gasteiger partial charge in [-0.05, 0) is 54.3 Å². The predicted octanol–water partition coefficient (Wildman–Crippen LogP) is -2.91. The van der Waals surface area contributed by atoms with E-state index in [4.69, 9.17) is 0 Å². The minimum Gasteiger partial charge on any atom is -0.744 e. The third-order valence-electron chi connectivity index (χ3n) is 3.94. The van der Waals surface area contributed by atoms with Gasteiger partial charge in [0.1, 0.15) is 31.7 Å². The maximum absolute atomic E-state index is 11.2. The molecule has 0 saturated heterocycles. The molecule has 0 aromatic heterocycles. The number of rotatable bonds is 4. The molecule has 0 unspecified atom stereocenters. The number of aromatic hydroxyl groups is 1. The second-order valence-corrected chi connectivity index (χ2v) is 8.63. The average Bonchev–Trinajstić information content (AvgIpc) is 2.59. The number of phenolic OH excluding ortho intramolecular Hbond substituents is 1. The van der Waals surface area contributed by atoms with Gasteiger partial charge in [0.2, 0.25) is 0 Å². The maximum atomic E-state index is 11.2. The standard InChI is InChI=1S/C17H14N2O7S2.2Na/c1-10-8-12(27(21,22)23)4-6-15(10)18-19-17-14-5-3-13(28(24,25)26)9-11(14)2-7-16(17)20;;/h2-9,20H,1H3,(H,21,22,23)(H,24,25,26);;/q;2*+1/p-2. The molecule has 1 N–H and O–H groups in total. The van der Waals surface area contributed by atoms with Crippen molar-refractivity contribution in [2.24, 2.45) is 10.2 Å². The zero-order chi connectivity index (χ0) is 20.7. The third-order valence-corrected chi connectivity index (χ3v) is 5.61. The van der Waals surface area contributed by atoms with E-state index in [1.54, 1.807) is 0 Å². The van der Waals surface area contributed by atoms with Crippen molar-refractivity contribution < 1.29 is 90.2 Å². The van der Waals surface area contributed by atoms with E-state index in [-0.39, 0.29) is 76.2 Å². The van der Waals surface area contributed by atoms with Crippen molar-refractivity contribution in [3.8, 4) is 5.75 Å². The molecule has 0 atom stereocenters. The molecular formula is C17H12N2Na2O7S2. The van der Waals surface area contributed by atoms with Gasteiger partial charge in [0, 0.05) is 5.39 Å².